The first-order chi connectivity index (χ1) is 6.94. The van der Waals surface area contributed by atoms with Gasteiger partial charge >= 0.3 is 0 Å². The van der Waals surface area contributed by atoms with Crippen LogP contribution in [0.25, 0.3) is 0 Å². The number of nitrogens with two attached hydrogens (primary N) is 1. The van der Waals surface area contributed by atoms with Crippen molar-refractivity contribution in [2.45, 2.75) is 5.75 Å². The fourth-order valence-electron chi connectivity index (χ4n) is 1.13. The van der Waals surface area contributed by atoms with E-state index in [4.69, 9.17) is 17.3 Å². The van der Waals surface area contributed by atoms with E-state index >= 15 is 0 Å². The third kappa shape index (κ3) is 3.77. The summed E-state index contributed by atoms with van der Waals surface area (Å²) in [5, 5.41) is 0.121. The SMILES string of the molecule is NCCS(=O)(=O)Cc1ccc(F)cc1Cl. The zero-order chi connectivity index (χ0) is 11.5. The summed E-state index contributed by atoms with van der Waals surface area (Å²) in [6.45, 7) is 0.0706. The first kappa shape index (κ1) is 12.4. The van der Waals surface area contributed by atoms with Crippen LogP contribution in [0.1, 0.15) is 5.56 Å². The van der Waals surface area contributed by atoms with Gasteiger partial charge in [0.1, 0.15) is 5.82 Å². The second kappa shape index (κ2) is 4.92. The van der Waals surface area contributed by atoms with E-state index in [1.165, 1.54) is 12.1 Å². The Morgan fingerprint density at radius 1 is 1.40 bits per heavy atom. The zero-order valence-electron chi connectivity index (χ0n) is 7.91. The summed E-state index contributed by atoms with van der Waals surface area (Å²) in [5.41, 5.74) is 5.55. The van der Waals surface area contributed by atoms with E-state index in [1.54, 1.807) is 0 Å². The normalized spacial score (nSPS) is 11.7. The zero-order valence-corrected chi connectivity index (χ0v) is 9.48. The maximum Gasteiger partial charge on any atom is 0.155 e. The highest BCUT2D eigenvalue weighted by atomic mass is 35.5. The predicted molar refractivity (Wildman–Crippen MR) is 58.0 cm³/mol. The number of rotatable bonds is 4. The molecule has 0 aliphatic carbocycles. The lowest BCUT2D eigenvalue weighted by Gasteiger charge is -2.05. The van der Waals surface area contributed by atoms with E-state index in [1.807, 2.05) is 0 Å². The maximum absolute atomic E-state index is 12.7. The van der Waals surface area contributed by atoms with E-state index in [0.717, 1.165) is 6.07 Å². The molecule has 0 aliphatic heterocycles. The molecular weight excluding hydrogens is 241 g/mol. The van der Waals surface area contributed by atoms with Crippen LogP contribution < -0.4 is 5.73 Å². The molecule has 0 unspecified atom stereocenters. The fourth-order valence-corrected chi connectivity index (χ4v) is 2.67. The van der Waals surface area contributed by atoms with Gasteiger partial charge in [-0.25, -0.2) is 12.8 Å². The van der Waals surface area contributed by atoms with Crippen molar-refractivity contribution >= 4 is 21.4 Å². The molecule has 1 rings (SSSR count). The van der Waals surface area contributed by atoms with Crippen LogP contribution in [0.3, 0.4) is 0 Å². The molecule has 0 aliphatic rings. The van der Waals surface area contributed by atoms with Gasteiger partial charge in [-0.2, -0.15) is 0 Å². The topological polar surface area (TPSA) is 60.2 Å². The summed E-state index contributed by atoms with van der Waals surface area (Å²) in [7, 11) is -3.25. The highest BCUT2D eigenvalue weighted by molar-refractivity contribution is 7.90. The van der Waals surface area contributed by atoms with Crippen LogP contribution >= 0.6 is 11.6 Å². The summed E-state index contributed by atoms with van der Waals surface area (Å²) >= 11 is 5.70. The molecule has 3 nitrogen and oxygen atoms in total. The molecule has 0 fully saturated rings. The number of hydrogen-bond donors (Lipinski definition) is 1. The molecule has 0 aromatic heterocycles. The predicted octanol–water partition coefficient (Wildman–Crippen LogP) is 1.35. The smallest absolute Gasteiger partial charge is 0.155 e. The second-order valence-electron chi connectivity index (χ2n) is 3.12. The molecule has 1 aromatic rings. The van der Waals surface area contributed by atoms with Crippen molar-refractivity contribution in [3.63, 3.8) is 0 Å². The monoisotopic (exact) mass is 251 g/mol. The van der Waals surface area contributed by atoms with Gasteiger partial charge in [-0.15, -0.1) is 0 Å². The fraction of sp³-hybridized carbons (Fsp3) is 0.333. The Hall–Kier alpha value is -0.650. The Bertz CT molecular complexity index is 447. The summed E-state index contributed by atoms with van der Waals surface area (Å²) in [6, 6.07) is 3.64. The van der Waals surface area contributed by atoms with Gasteiger partial charge in [0.2, 0.25) is 0 Å². The van der Waals surface area contributed by atoms with Crippen molar-refractivity contribution in [1.29, 1.82) is 0 Å². The third-order valence-corrected chi connectivity index (χ3v) is 3.78. The molecule has 0 bridgehead atoms. The lowest BCUT2D eigenvalue weighted by atomic mass is 10.2. The minimum Gasteiger partial charge on any atom is -0.329 e. The lowest BCUT2D eigenvalue weighted by Crippen LogP contribution is -2.17. The van der Waals surface area contributed by atoms with Crippen LogP contribution in [0.5, 0.6) is 0 Å². The molecule has 15 heavy (non-hydrogen) atoms. The Balaban J connectivity index is 2.90. The van der Waals surface area contributed by atoms with Crippen molar-refractivity contribution in [2.75, 3.05) is 12.3 Å². The molecular formula is C9H11ClFNO2S. The van der Waals surface area contributed by atoms with Gasteiger partial charge < -0.3 is 5.73 Å². The molecule has 0 saturated carbocycles. The molecule has 0 amide bonds. The van der Waals surface area contributed by atoms with Crippen molar-refractivity contribution in [1.82, 2.24) is 0 Å². The minimum atomic E-state index is -3.25. The van der Waals surface area contributed by atoms with Crippen molar-refractivity contribution in [3.05, 3.63) is 34.6 Å². The number of halogens is 2. The molecule has 1 aromatic carbocycles. The average molecular weight is 252 g/mol. The summed E-state index contributed by atoms with van der Waals surface area (Å²) in [4.78, 5) is 0. The van der Waals surface area contributed by atoms with E-state index in [9.17, 15) is 12.8 Å². The van der Waals surface area contributed by atoms with Crippen molar-refractivity contribution in [2.24, 2.45) is 5.73 Å². The Labute approximate surface area is 93.0 Å². The molecule has 0 atom stereocenters. The van der Waals surface area contributed by atoms with E-state index in [0.29, 0.717) is 5.56 Å². The molecule has 0 saturated heterocycles. The lowest BCUT2D eigenvalue weighted by molar-refractivity contribution is 0.594. The van der Waals surface area contributed by atoms with E-state index in [2.05, 4.69) is 0 Å². The summed E-state index contributed by atoms with van der Waals surface area (Å²) in [6.07, 6.45) is 0. The highest BCUT2D eigenvalue weighted by Gasteiger charge is 2.13. The van der Waals surface area contributed by atoms with Crippen LogP contribution in [-0.2, 0) is 15.6 Å². The molecule has 0 heterocycles. The first-order valence-corrected chi connectivity index (χ1v) is 6.49. The Kier molecular flexibility index (Phi) is 4.07. The van der Waals surface area contributed by atoms with Crippen molar-refractivity contribution in [3.8, 4) is 0 Å². The largest absolute Gasteiger partial charge is 0.329 e. The van der Waals surface area contributed by atoms with Crippen LogP contribution in [0.2, 0.25) is 5.02 Å². The molecule has 2 N–H and O–H groups in total. The molecule has 6 heteroatoms. The van der Waals surface area contributed by atoms with Crippen LogP contribution in [0.15, 0.2) is 18.2 Å². The standard InChI is InChI=1S/C9H11ClFNO2S/c10-9-5-8(11)2-1-7(9)6-15(13,14)4-3-12/h1-2,5H,3-4,6,12H2. The van der Waals surface area contributed by atoms with E-state index < -0.39 is 15.7 Å². The summed E-state index contributed by atoms with van der Waals surface area (Å²) < 4.78 is 35.5. The van der Waals surface area contributed by atoms with E-state index in [-0.39, 0.29) is 23.1 Å². The average Bonchev–Trinajstić information content (AvgIpc) is 2.09. The number of benzene rings is 1. The van der Waals surface area contributed by atoms with Gasteiger partial charge in [0.15, 0.2) is 9.84 Å². The van der Waals surface area contributed by atoms with Gasteiger partial charge in [-0.1, -0.05) is 17.7 Å². The Morgan fingerprint density at radius 2 is 2.07 bits per heavy atom. The maximum atomic E-state index is 12.7. The first-order valence-electron chi connectivity index (χ1n) is 4.29. The second-order valence-corrected chi connectivity index (χ2v) is 5.71. The third-order valence-electron chi connectivity index (χ3n) is 1.82. The van der Waals surface area contributed by atoms with Crippen LogP contribution in [0, 0.1) is 5.82 Å². The molecule has 0 spiro atoms. The van der Waals surface area contributed by atoms with Gasteiger partial charge in [0.05, 0.1) is 11.5 Å². The minimum absolute atomic E-state index is 0.0706. The van der Waals surface area contributed by atoms with Gasteiger partial charge in [-0.05, 0) is 17.7 Å². The van der Waals surface area contributed by atoms with Gasteiger partial charge in [-0.3, -0.25) is 0 Å². The van der Waals surface area contributed by atoms with Gasteiger partial charge in [0.25, 0.3) is 0 Å². The number of hydrogen-bond acceptors (Lipinski definition) is 3. The quantitative estimate of drug-likeness (QED) is 0.879. The summed E-state index contributed by atoms with van der Waals surface area (Å²) in [5.74, 6) is -0.788. The number of sulfone groups is 1. The molecule has 0 radical (unpaired) electrons. The molecule has 84 valence electrons. The highest BCUT2D eigenvalue weighted by Crippen LogP contribution is 2.19. The van der Waals surface area contributed by atoms with Gasteiger partial charge in [0, 0.05) is 11.6 Å². The van der Waals surface area contributed by atoms with Crippen molar-refractivity contribution < 1.29 is 12.8 Å². The van der Waals surface area contributed by atoms with Crippen LogP contribution in [0.4, 0.5) is 4.39 Å². The Morgan fingerprint density at radius 3 is 2.60 bits per heavy atom. The van der Waals surface area contributed by atoms with Crippen LogP contribution in [-0.4, -0.2) is 20.7 Å².